The molecule has 3 rings (SSSR count). The number of carbonyl (C=O) groups excluding carboxylic acids is 1. The number of Topliss-reactive ketones (excluding diaryl/α,β-unsaturated/α-hetero) is 1. The number of anilines is 3. The summed E-state index contributed by atoms with van der Waals surface area (Å²) in [6.07, 6.45) is 1.91. The molecule has 2 aromatic carbocycles. The summed E-state index contributed by atoms with van der Waals surface area (Å²) in [5, 5.41) is 22.0. The number of nitrogens with zero attached hydrogens (tertiary/aromatic N) is 2. The van der Waals surface area contributed by atoms with Crippen molar-refractivity contribution < 1.29 is 14.3 Å². The van der Waals surface area contributed by atoms with E-state index in [1.54, 1.807) is 12.1 Å². The number of hydrogen-bond acceptors (Lipinski definition) is 6. The van der Waals surface area contributed by atoms with Crippen LogP contribution in [0, 0.1) is 17.1 Å². The van der Waals surface area contributed by atoms with Crippen LogP contribution < -0.4 is 11.1 Å². The first-order chi connectivity index (χ1) is 13.4. The van der Waals surface area contributed by atoms with Gasteiger partial charge in [0.2, 0.25) is 0 Å². The maximum atomic E-state index is 13.4. The monoisotopic (exact) mass is 398 g/mol. The summed E-state index contributed by atoms with van der Waals surface area (Å²) < 4.78 is 13.4. The second kappa shape index (κ2) is 8.21. The Labute approximate surface area is 165 Å². The number of nitrogens with two attached hydrogens (primary N) is 1. The second-order valence-electron chi connectivity index (χ2n) is 6.19. The lowest BCUT2D eigenvalue weighted by Gasteiger charge is -2.14. The number of aliphatic hydroxyl groups excluding tert-OH is 1. The van der Waals surface area contributed by atoms with Crippen LogP contribution in [0.2, 0.25) is 5.02 Å². The van der Waals surface area contributed by atoms with Crippen molar-refractivity contribution in [3.05, 3.63) is 58.5 Å². The molecule has 28 heavy (non-hydrogen) atoms. The van der Waals surface area contributed by atoms with Crippen molar-refractivity contribution in [2.45, 2.75) is 12.8 Å². The van der Waals surface area contributed by atoms with E-state index in [2.05, 4.69) is 16.4 Å². The largest absolute Gasteiger partial charge is 0.399 e. The van der Waals surface area contributed by atoms with Crippen LogP contribution in [-0.2, 0) is 11.2 Å². The van der Waals surface area contributed by atoms with E-state index in [9.17, 15) is 14.4 Å². The highest BCUT2D eigenvalue weighted by molar-refractivity contribution is 6.31. The van der Waals surface area contributed by atoms with Gasteiger partial charge in [-0.05, 0) is 42.3 Å². The maximum absolute atomic E-state index is 13.4. The number of aryl methyl sites for hydroxylation is 1. The van der Waals surface area contributed by atoms with Crippen LogP contribution in [-0.4, -0.2) is 22.5 Å². The van der Waals surface area contributed by atoms with E-state index >= 15 is 0 Å². The fraction of sp³-hybridized carbons (Fsp3) is 0.150. The molecule has 0 radical (unpaired) electrons. The number of halogens is 2. The summed E-state index contributed by atoms with van der Waals surface area (Å²) in [7, 11) is 0. The van der Waals surface area contributed by atoms with E-state index in [0.29, 0.717) is 34.4 Å². The van der Waals surface area contributed by atoms with Crippen LogP contribution >= 0.6 is 11.6 Å². The molecule has 8 heteroatoms. The number of hydrogen-bond donors (Lipinski definition) is 3. The third-order valence-corrected chi connectivity index (χ3v) is 4.52. The van der Waals surface area contributed by atoms with Gasteiger partial charge < -0.3 is 16.2 Å². The number of pyridine rings is 1. The van der Waals surface area contributed by atoms with Crippen LogP contribution in [0.15, 0.2) is 36.5 Å². The average Bonchev–Trinajstić information content (AvgIpc) is 2.69. The van der Waals surface area contributed by atoms with Gasteiger partial charge in [-0.3, -0.25) is 9.78 Å². The van der Waals surface area contributed by atoms with Crippen LogP contribution in [0.1, 0.15) is 17.5 Å². The molecule has 0 bridgehead atoms. The number of carbonyl (C=O) groups is 1. The van der Waals surface area contributed by atoms with E-state index in [1.807, 2.05) is 0 Å². The minimum atomic E-state index is -0.549. The molecule has 0 aliphatic heterocycles. The first kappa shape index (κ1) is 19.5. The third-order valence-electron chi connectivity index (χ3n) is 4.23. The molecular formula is C20H16ClFN4O2. The SMILES string of the molecule is N#Cc1cnc2c(CCC(=O)CO)cc(N)cc2c1Nc1ccc(F)c(Cl)c1. The summed E-state index contributed by atoms with van der Waals surface area (Å²) in [5.74, 6) is -0.837. The van der Waals surface area contributed by atoms with Crippen LogP contribution in [0.5, 0.6) is 0 Å². The highest BCUT2D eigenvalue weighted by atomic mass is 35.5. The Balaban J connectivity index is 2.12. The van der Waals surface area contributed by atoms with Crippen molar-refractivity contribution in [1.82, 2.24) is 4.98 Å². The van der Waals surface area contributed by atoms with Gasteiger partial charge in [-0.2, -0.15) is 5.26 Å². The van der Waals surface area contributed by atoms with Gasteiger partial charge in [0, 0.05) is 29.4 Å². The maximum Gasteiger partial charge on any atom is 0.158 e. The van der Waals surface area contributed by atoms with Gasteiger partial charge in [0.05, 0.1) is 21.8 Å². The molecule has 0 aliphatic carbocycles. The quantitative estimate of drug-likeness (QED) is 0.545. The van der Waals surface area contributed by atoms with Gasteiger partial charge in [0.25, 0.3) is 0 Å². The van der Waals surface area contributed by atoms with Gasteiger partial charge in [0.15, 0.2) is 5.78 Å². The number of fused-ring (bicyclic) bond motifs is 1. The second-order valence-corrected chi connectivity index (χ2v) is 6.59. The first-order valence-corrected chi connectivity index (χ1v) is 8.76. The van der Waals surface area contributed by atoms with Gasteiger partial charge >= 0.3 is 0 Å². The highest BCUT2D eigenvalue weighted by Gasteiger charge is 2.14. The number of aliphatic hydroxyl groups is 1. The molecule has 1 heterocycles. The Morgan fingerprint density at radius 2 is 2.14 bits per heavy atom. The zero-order valence-electron chi connectivity index (χ0n) is 14.7. The molecule has 1 aromatic heterocycles. The lowest BCUT2D eigenvalue weighted by atomic mass is 10.0. The van der Waals surface area contributed by atoms with E-state index in [-0.39, 0.29) is 22.8 Å². The molecule has 0 saturated heterocycles. The topological polar surface area (TPSA) is 112 Å². The molecule has 0 aliphatic rings. The predicted octanol–water partition coefficient (Wildman–Crippen LogP) is 3.72. The molecule has 3 aromatic rings. The molecule has 0 fully saturated rings. The van der Waals surface area contributed by atoms with Crippen LogP contribution in [0.4, 0.5) is 21.5 Å². The number of rotatable bonds is 6. The first-order valence-electron chi connectivity index (χ1n) is 8.38. The van der Waals surface area contributed by atoms with Crippen molar-refractivity contribution in [3.63, 3.8) is 0 Å². The molecule has 0 amide bonds. The summed E-state index contributed by atoms with van der Waals surface area (Å²) in [6.45, 7) is -0.523. The number of aromatic nitrogens is 1. The Morgan fingerprint density at radius 1 is 1.36 bits per heavy atom. The van der Waals surface area contributed by atoms with Crippen molar-refractivity contribution in [2.75, 3.05) is 17.7 Å². The van der Waals surface area contributed by atoms with Crippen molar-refractivity contribution in [2.24, 2.45) is 0 Å². The number of nitrogens with one attached hydrogen (secondary N) is 1. The molecule has 4 N–H and O–H groups in total. The Bertz CT molecular complexity index is 1110. The van der Waals surface area contributed by atoms with Crippen LogP contribution in [0.3, 0.4) is 0 Å². The fourth-order valence-corrected chi connectivity index (χ4v) is 3.06. The zero-order chi connectivity index (χ0) is 20.3. The zero-order valence-corrected chi connectivity index (χ0v) is 15.4. The van der Waals surface area contributed by atoms with E-state index < -0.39 is 12.4 Å². The highest BCUT2D eigenvalue weighted by Crippen LogP contribution is 2.33. The minimum absolute atomic E-state index is 0.0513. The Kier molecular flexibility index (Phi) is 5.73. The summed E-state index contributed by atoms with van der Waals surface area (Å²) in [5.41, 5.74) is 8.99. The molecule has 0 unspecified atom stereocenters. The third kappa shape index (κ3) is 4.03. The standard InChI is InChI=1S/C20H16ClFN4O2/c21-17-7-14(2-4-18(17)22)26-20-12(8-23)9-25-19-11(1-3-15(28)10-27)5-13(24)6-16(19)20/h2,4-7,9,27H,1,3,10,24H2,(H,25,26). The summed E-state index contributed by atoms with van der Waals surface area (Å²) in [4.78, 5) is 15.8. The molecule has 6 nitrogen and oxygen atoms in total. The predicted molar refractivity (Wildman–Crippen MR) is 106 cm³/mol. The number of nitrogen functional groups attached to an aromatic ring is 1. The van der Waals surface area contributed by atoms with Gasteiger partial charge in [-0.1, -0.05) is 11.6 Å². The fourth-order valence-electron chi connectivity index (χ4n) is 2.88. The lowest BCUT2D eigenvalue weighted by Crippen LogP contribution is -2.06. The Morgan fingerprint density at radius 3 is 2.82 bits per heavy atom. The van der Waals surface area contributed by atoms with Crippen LogP contribution in [0.25, 0.3) is 10.9 Å². The molecular weight excluding hydrogens is 383 g/mol. The molecule has 0 atom stereocenters. The van der Waals surface area contributed by atoms with Crippen molar-refractivity contribution >= 4 is 45.3 Å². The average molecular weight is 399 g/mol. The smallest absolute Gasteiger partial charge is 0.158 e. The Hall–Kier alpha value is -3.21. The van der Waals surface area contributed by atoms with Gasteiger partial charge in [-0.15, -0.1) is 0 Å². The number of ketones is 1. The lowest BCUT2D eigenvalue weighted by molar-refractivity contribution is -0.121. The van der Waals surface area contributed by atoms with Gasteiger partial charge in [-0.25, -0.2) is 4.39 Å². The number of nitriles is 1. The molecule has 0 saturated carbocycles. The van der Waals surface area contributed by atoms with Gasteiger partial charge in [0.1, 0.15) is 18.5 Å². The van der Waals surface area contributed by atoms with Crippen molar-refractivity contribution in [3.8, 4) is 6.07 Å². The van der Waals surface area contributed by atoms with E-state index in [0.717, 1.165) is 5.56 Å². The molecule has 0 spiro atoms. The molecule has 142 valence electrons. The summed E-state index contributed by atoms with van der Waals surface area (Å²) in [6, 6.07) is 9.60. The van der Waals surface area contributed by atoms with Crippen molar-refractivity contribution in [1.29, 1.82) is 5.26 Å². The summed E-state index contributed by atoms with van der Waals surface area (Å²) >= 11 is 5.84. The van der Waals surface area contributed by atoms with E-state index in [4.69, 9.17) is 22.4 Å². The van der Waals surface area contributed by atoms with E-state index in [1.165, 1.54) is 24.4 Å². The minimum Gasteiger partial charge on any atom is -0.399 e. The normalized spacial score (nSPS) is 10.6. The number of benzene rings is 2.